The molecule has 1 fully saturated rings. The number of rotatable bonds is 6. The van der Waals surface area contributed by atoms with Crippen molar-refractivity contribution in [2.75, 3.05) is 13.7 Å². The number of Topliss-reactive ketones (excluding diaryl/α,β-unsaturated/α-hetero) is 1. The first-order valence-corrected chi connectivity index (χ1v) is 15.0. The summed E-state index contributed by atoms with van der Waals surface area (Å²) in [5, 5.41) is 22.5. The van der Waals surface area contributed by atoms with E-state index in [9.17, 15) is 19.8 Å². The van der Waals surface area contributed by atoms with Crippen LogP contribution in [-0.2, 0) is 27.4 Å². The second-order valence-corrected chi connectivity index (χ2v) is 12.3. The first-order chi connectivity index (χ1) is 21.2. The van der Waals surface area contributed by atoms with Crippen LogP contribution in [-0.4, -0.2) is 52.4 Å². The van der Waals surface area contributed by atoms with Crippen molar-refractivity contribution in [3.8, 4) is 17.2 Å². The molecule has 3 atom stereocenters. The maximum absolute atomic E-state index is 13.6. The van der Waals surface area contributed by atoms with E-state index in [0.29, 0.717) is 53.0 Å². The number of hydrogen-bond acceptors (Lipinski definition) is 8. The number of aliphatic hydroxyl groups excluding tert-OH is 1. The highest BCUT2D eigenvalue weighted by atomic mass is 16.6. The number of ether oxygens (including phenoxy) is 4. The topological polar surface area (TPSA) is 127 Å². The number of H-pyrrole nitrogens is 1. The molecule has 7 rings (SSSR count). The number of aromatic amines is 1. The lowest BCUT2D eigenvalue weighted by Crippen LogP contribution is -2.39. The Balaban J connectivity index is 1.48. The molecule has 0 spiro atoms. The number of benzene rings is 2. The normalized spacial score (nSPS) is 22.2. The van der Waals surface area contributed by atoms with Gasteiger partial charge in [-0.05, 0) is 56.3 Å². The lowest BCUT2D eigenvalue weighted by atomic mass is 9.66. The van der Waals surface area contributed by atoms with E-state index < -0.39 is 30.2 Å². The largest absolute Gasteiger partial charge is 0.496 e. The zero-order valence-electron chi connectivity index (χ0n) is 25.2. The molecular formula is C35H35NO8. The number of fused-ring (bicyclic) bond motifs is 6. The number of ketones is 1. The van der Waals surface area contributed by atoms with Crippen molar-refractivity contribution in [2.24, 2.45) is 5.92 Å². The van der Waals surface area contributed by atoms with Crippen LogP contribution < -0.4 is 14.2 Å². The predicted molar refractivity (Wildman–Crippen MR) is 162 cm³/mol. The quantitative estimate of drug-likeness (QED) is 0.338. The third kappa shape index (κ3) is 4.21. The smallest absolute Gasteiger partial charge is 0.374 e. The van der Waals surface area contributed by atoms with Gasteiger partial charge >= 0.3 is 5.97 Å². The SMILES string of the molecule is CCOC(=O)C1=C2C=C[C@H]3C(=C2c2c(OC)c4c(c(CO)c2O1)O[C@H](C(C)(C)O)C4)CCC(=O)[C@H]3c1ccc2[nH]ccc2c1. The summed E-state index contributed by atoms with van der Waals surface area (Å²) in [6, 6.07) is 8.06. The standard InChI is InChI=1S/C35H35NO8/c1-5-42-34(39)33-21-8-7-19-20(9-11-25(38)27(19)18-6-10-24-17(14-18)12-13-36-24)28(21)29-31(41-4)22-15-26(35(2,3)40)43-30(22)23(16-37)32(29)44-33/h6-8,10,12-14,19,26-27,36-37,40H,5,9,11,15-16H2,1-4H3/t19-,26-,27-/m0/s1. The number of methoxy groups -OCH3 is 1. The van der Waals surface area contributed by atoms with Crippen molar-refractivity contribution in [3.05, 3.63) is 81.8 Å². The van der Waals surface area contributed by atoms with Gasteiger partial charge in [0.2, 0.25) is 5.76 Å². The molecule has 1 aromatic heterocycles. The van der Waals surface area contributed by atoms with E-state index in [1.165, 1.54) is 0 Å². The Kier molecular flexibility index (Phi) is 6.71. The predicted octanol–water partition coefficient (Wildman–Crippen LogP) is 5.04. The highest BCUT2D eigenvalue weighted by molar-refractivity contribution is 6.03. The Bertz CT molecular complexity index is 1820. The molecule has 0 unspecified atom stereocenters. The Morgan fingerprint density at radius 1 is 1.18 bits per heavy atom. The zero-order valence-corrected chi connectivity index (χ0v) is 25.2. The highest BCUT2D eigenvalue weighted by Crippen LogP contribution is 2.58. The summed E-state index contributed by atoms with van der Waals surface area (Å²) in [6.07, 6.45) is 6.31. The molecule has 9 nitrogen and oxygen atoms in total. The van der Waals surface area contributed by atoms with Gasteiger partial charge in [-0.3, -0.25) is 4.79 Å². The van der Waals surface area contributed by atoms with Gasteiger partial charge in [-0.15, -0.1) is 0 Å². The average molecular weight is 598 g/mol. The Labute approximate surface area is 254 Å². The van der Waals surface area contributed by atoms with Gasteiger partial charge in [-0.2, -0.15) is 0 Å². The molecule has 4 aliphatic rings. The molecule has 2 aromatic carbocycles. The van der Waals surface area contributed by atoms with Gasteiger partial charge in [0.05, 0.1) is 43.0 Å². The molecule has 2 aliphatic heterocycles. The number of esters is 1. The second-order valence-electron chi connectivity index (χ2n) is 12.3. The van der Waals surface area contributed by atoms with E-state index in [1.807, 2.05) is 36.5 Å². The summed E-state index contributed by atoms with van der Waals surface area (Å²) in [6.45, 7) is 4.80. The molecule has 3 aromatic rings. The summed E-state index contributed by atoms with van der Waals surface area (Å²) in [5.74, 6) is -0.0162. The molecule has 9 heteroatoms. The summed E-state index contributed by atoms with van der Waals surface area (Å²) >= 11 is 0. The number of allylic oxidation sites excluding steroid dienone is 5. The maximum atomic E-state index is 13.6. The lowest BCUT2D eigenvalue weighted by molar-refractivity contribution is -0.141. The van der Waals surface area contributed by atoms with Gasteiger partial charge in [-0.25, -0.2) is 4.79 Å². The van der Waals surface area contributed by atoms with Crippen molar-refractivity contribution in [1.29, 1.82) is 0 Å². The van der Waals surface area contributed by atoms with Crippen LogP contribution in [0.4, 0.5) is 0 Å². The summed E-state index contributed by atoms with van der Waals surface area (Å²) in [5.41, 5.74) is 4.74. The highest BCUT2D eigenvalue weighted by Gasteiger charge is 2.46. The van der Waals surface area contributed by atoms with Crippen LogP contribution in [0, 0.1) is 5.92 Å². The van der Waals surface area contributed by atoms with Crippen LogP contribution >= 0.6 is 0 Å². The number of nitrogens with one attached hydrogen (secondary N) is 1. The lowest BCUT2D eigenvalue weighted by Gasteiger charge is -2.38. The first kappa shape index (κ1) is 28.4. The fourth-order valence-electron chi connectivity index (χ4n) is 7.20. The number of carbonyl (C=O) groups excluding carboxylic acids is 2. The third-order valence-corrected chi connectivity index (χ3v) is 9.26. The molecule has 2 aliphatic carbocycles. The molecular weight excluding hydrogens is 562 g/mol. The summed E-state index contributed by atoms with van der Waals surface area (Å²) in [7, 11) is 1.57. The Hall–Kier alpha value is -4.34. The fourth-order valence-corrected chi connectivity index (χ4v) is 7.20. The van der Waals surface area contributed by atoms with Gasteiger partial charge in [-0.1, -0.05) is 23.8 Å². The van der Waals surface area contributed by atoms with Crippen LogP contribution in [0.3, 0.4) is 0 Å². The minimum absolute atomic E-state index is 0.00693. The monoisotopic (exact) mass is 597 g/mol. The molecule has 228 valence electrons. The minimum Gasteiger partial charge on any atom is -0.496 e. The fraction of sp³-hybridized carbons (Fsp3) is 0.371. The van der Waals surface area contributed by atoms with Gasteiger partial charge in [0, 0.05) is 47.2 Å². The van der Waals surface area contributed by atoms with Gasteiger partial charge < -0.3 is 34.1 Å². The molecule has 0 saturated heterocycles. The zero-order chi connectivity index (χ0) is 30.9. The van der Waals surface area contributed by atoms with Gasteiger partial charge in [0.15, 0.2) is 0 Å². The number of hydrogen-bond donors (Lipinski definition) is 3. The van der Waals surface area contributed by atoms with E-state index in [2.05, 4.69) is 11.1 Å². The van der Waals surface area contributed by atoms with Crippen molar-refractivity contribution in [3.63, 3.8) is 0 Å². The maximum Gasteiger partial charge on any atom is 0.374 e. The van der Waals surface area contributed by atoms with Gasteiger partial charge in [0.1, 0.15) is 29.1 Å². The van der Waals surface area contributed by atoms with Crippen LogP contribution in [0.25, 0.3) is 16.5 Å². The van der Waals surface area contributed by atoms with Gasteiger partial charge in [0.25, 0.3) is 0 Å². The van der Waals surface area contributed by atoms with Crippen molar-refractivity contribution >= 4 is 28.2 Å². The van der Waals surface area contributed by atoms with E-state index in [-0.39, 0.29) is 29.8 Å². The first-order valence-electron chi connectivity index (χ1n) is 15.0. The number of aliphatic hydroxyl groups is 2. The number of aromatic nitrogens is 1. The van der Waals surface area contributed by atoms with Crippen LogP contribution in [0.1, 0.15) is 61.8 Å². The molecule has 1 saturated carbocycles. The second kappa shape index (κ2) is 10.4. The van der Waals surface area contributed by atoms with Crippen LogP contribution in [0.2, 0.25) is 0 Å². The molecule has 0 bridgehead atoms. The van der Waals surface area contributed by atoms with E-state index in [4.69, 9.17) is 18.9 Å². The Morgan fingerprint density at radius 2 is 2.00 bits per heavy atom. The van der Waals surface area contributed by atoms with Crippen molar-refractivity contribution < 1.29 is 38.7 Å². The van der Waals surface area contributed by atoms with E-state index in [0.717, 1.165) is 27.6 Å². The summed E-state index contributed by atoms with van der Waals surface area (Å²) < 4.78 is 24.1. The van der Waals surface area contributed by atoms with Crippen LogP contribution in [0.15, 0.2) is 59.5 Å². The average Bonchev–Trinajstić information content (AvgIpc) is 3.66. The molecule has 3 N–H and O–H groups in total. The molecule has 0 radical (unpaired) electrons. The number of carbonyl (C=O) groups is 2. The third-order valence-electron chi connectivity index (χ3n) is 9.26. The molecule has 3 heterocycles. The van der Waals surface area contributed by atoms with Crippen LogP contribution in [0.5, 0.6) is 17.2 Å². The Morgan fingerprint density at radius 3 is 2.73 bits per heavy atom. The van der Waals surface area contributed by atoms with Crippen molar-refractivity contribution in [1.82, 2.24) is 4.98 Å². The summed E-state index contributed by atoms with van der Waals surface area (Å²) in [4.78, 5) is 30.2. The van der Waals surface area contributed by atoms with E-state index in [1.54, 1.807) is 27.9 Å². The molecule has 44 heavy (non-hydrogen) atoms. The minimum atomic E-state index is -1.17. The molecule has 0 amide bonds. The van der Waals surface area contributed by atoms with Crippen molar-refractivity contribution in [2.45, 2.75) is 64.3 Å². The van der Waals surface area contributed by atoms with E-state index >= 15 is 0 Å².